The lowest BCUT2D eigenvalue weighted by molar-refractivity contribution is -0.137. The van der Waals surface area contributed by atoms with Crippen molar-refractivity contribution in [1.82, 2.24) is 5.43 Å². The minimum absolute atomic E-state index is 0.156. The largest absolute Gasteiger partial charge is 0.483 e. The van der Waals surface area contributed by atoms with E-state index in [2.05, 4.69) is 26.5 Å². The number of halogens is 5. The lowest BCUT2D eigenvalue weighted by atomic mass is 10.1. The minimum Gasteiger partial charge on any atom is -0.483 e. The highest BCUT2D eigenvalue weighted by molar-refractivity contribution is 9.10. The molecule has 2 aromatic rings. The van der Waals surface area contributed by atoms with E-state index in [1.54, 1.807) is 18.2 Å². The molecule has 0 heterocycles. The summed E-state index contributed by atoms with van der Waals surface area (Å²) >= 11 is 9.02. The Bertz CT molecular complexity index is 797. The van der Waals surface area contributed by atoms with Crippen LogP contribution in [-0.4, -0.2) is 18.7 Å². The van der Waals surface area contributed by atoms with Gasteiger partial charge < -0.3 is 4.74 Å². The van der Waals surface area contributed by atoms with Gasteiger partial charge in [-0.3, -0.25) is 4.79 Å². The van der Waals surface area contributed by atoms with Crippen molar-refractivity contribution in [3.05, 3.63) is 63.1 Å². The maximum atomic E-state index is 12.8. The second-order valence-corrected chi connectivity index (χ2v) is 6.03. The summed E-state index contributed by atoms with van der Waals surface area (Å²) in [7, 11) is 0. The van der Waals surface area contributed by atoms with E-state index in [1.165, 1.54) is 18.2 Å². The molecule has 0 saturated carbocycles. The Hall–Kier alpha value is -2.06. The molecule has 0 aromatic heterocycles. The average Bonchev–Trinajstić information content (AvgIpc) is 2.53. The molecule has 0 unspecified atom stereocenters. The smallest absolute Gasteiger partial charge is 0.417 e. The summed E-state index contributed by atoms with van der Waals surface area (Å²) in [5.74, 6) is -0.228. The van der Waals surface area contributed by atoms with Crippen LogP contribution in [0.1, 0.15) is 11.1 Å². The SMILES string of the molecule is O=C(COc1ccc(Cl)cc1Br)N/N=C/c1ccccc1C(F)(F)F. The molecule has 0 radical (unpaired) electrons. The second-order valence-electron chi connectivity index (χ2n) is 4.74. The molecule has 0 aliphatic heterocycles. The first kappa shape index (κ1) is 19.3. The molecule has 4 nitrogen and oxygen atoms in total. The van der Waals surface area contributed by atoms with E-state index < -0.39 is 17.6 Å². The fourth-order valence-electron chi connectivity index (χ4n) is 1.81. The van der Waals surface area contributed by atoms with Gasteiger partial charge in [-0.25, -0.2) is 5.43 Å². The molecule has 2 rings (SSSR count). The molecule has 0 aliphatic rings. The fraction of sp³-hybridized carbons (Fsp3) is 0.125. The molecule has 0 bridgehead atoms. The van der Waals surface area contributed by atoms with Crippen molar-refractivity contribution < 1.29 is 22.7 Å². The zero-order valence-corrected chi connectivity index (χ0v) is 14.8. The number of ether oxygens (including phenoxy) is 1. The van der Waals surface area contributed by atoms with Crippen molar-refractivity contribution in [3.63, 3.8) is 0 Å². The van der Waals surface area contributed by atoms with Gasteiger partial charge in [0.05, 0.1) is 16.3 Å². The number of hydrogen-bond acceptors (Lipinski definition) is 3. The van der Waals surface area contributed by atoms with Crippen LogP contribution in [0.5, 0.6) is 5.75 Å². The first-order valence-corrected chi connectivity index (χ1v) is 8.00. The Morgan fingerprint density at radius 2 is 2.00 bits per heavy atom. The van der Waals surface area contributed by atoms with Gasteiger partial charge in [0, 0.05) is 10.6 Å². The predicted molar refractivity (Wildman–Crippen MR) is 91.8 cm³/mol. The Kier molecular flexibility index (Phi) is 6.44. The molecule has 0 saturated heterocycles. The highest BCUT2D eigenvalue weighted by Gasteiger charge is 2.32. The number of alkyl halides is 3. The normalized spacial score (nSPS) is 11.6. The summed E-state index contributed by atoms with van der Waals surface area (Å²) in [4.78, 5) is 11.7. The van der Waals surface area contributed by atoms with Gasteiger partial charge in [0.15, 0.2) is 6.61 Å². The Morgan fingerprint density at radius 3 is 2.68 bits per heavy atom. The number of hydrazone groups is 1. The standard InChI is InChI=1S/C16H11BrClF3N2O2/c17-13-7-11(18)5-6-14(13)25-9-15(24)23-22-8-10-3-1-2-4-12(10)16(19,20)21/h1-8H,9H2,(H,23,24)/b22-8+. The summed E-state index contributed by atoms with van der Waals surface area (Å²) in [5.41, 5.74) is 1.11. The van der Waals surface area contributed by atoms with Crippen molar-refractivity contribution in [2.24, 2.45) is 5.10 Å². The van der Waals surface area contributed by atoms with Gasteiger partial charge in [0.1, 0.15) is 5.75 Å². The number of benzene rings is 2. The summed E-state index contributed by atoms with van der Waals surface area (Å²) in [6, 6.07) is 9.66. The molecule has 1 N–H and O–H groups in total. The van der Waals surface area contributed by atoms with Gasteiger partial charge in [-0.2, -0.15) is 18.3 Å². The van der Waals surface area contributed by atoms with Crippen LogP contribution in [0.2, 0.25) is 5.02 Å². The van der Waals surface area contributed by atoms with Crippen LogP contribution in [0.15, 0.2) is 52.0 Å². The molecule has 25 heavy (non-hydrogen) atoms. The van der Waals surface area contributed by atoms with Crippen LogP contribution in [0.25, 0.3) is 0 Å². The molecule has 9 heteroatoms. The van der Waals surface area contributed by atoms with Crippen LogP contribution in [0.4, 0.5) is 13.2 Å². The van der Waals surface area contributed by atoms with Gasteiger partial charge in [0.2, 0.25) is 0 Å². The summed E-state index contributed by atoms with van der Waals surface area (Å²) in [5, 5.41) is 4.02. The van der Waals surface area contributed by atoms with Crippen LogP contribution < -0.4 is 10.2 Å². The second kappa shape index (κ2) is 8.35. The topological polar surface area (TPSA) is 50.7 Å². The highest BCUT2D eigenvalue weighted by atomic mass is 79.9. The molecule has 0 spiro atoms. The van der Waals surface area contributed by atoms with Gasteiger partial charge >= 0.3 is 6.18 Å². The number of carbonyl (C=O) groups excluding carboxylic acids is 1. The minimum atomic E-state index is -4.50. The maximum Gasteiger partial charge on any atom is 0.417 e. The number of rotatable bonds is 5. The molecule has 132 valence electrons. The number of hydrogen-bond donors (Lipinski definition) is 1. The average molecular weight is 436 g/mol. The summed E-state index contributed by atoms with van der Waals surface area (Å²) in [6.45, 7) is -0.363. The van der Waals surface area contributed by atoms with Crippen molar-refractivity contribution in [2.75, 3.05) is 6.61 Å². The van der Waals surface area contributed by atoms with Crippen molar-refractivity contribution in [3.8, 4) is 5.75 Å². The van der Waals surface area contributed by atoms with Crippen molar-refractivity contribution in [2.45, 2.75) is 6.18 Å². The van der Waals surface area contributed by atoms with Crippen molar-refractivity contribution >= 4 is 39.7 Å². The Labute approximate surface area is 154 Å². The molecule has 2 aromatic carbocycles. The Morgan fingerprint density at radius 1 is 1.28 bits per heavy atom. The van der Waals surface area contributed by atoms with E-state index in [0.717, 1.165) is 12.3 Å². The number of nitrogens with zero attached hydrogens (tertiary/aromatic N) is 1. The first-order valence-electron chi connectivity index (χ1n) is 6.83. The van der Waals surface area contributed by atoms with E-state index in [0.29, 0.717) is 15.2 Å². The van der Waals surface area contributed by atoms with E-state index in [9.17, 15) is 18.0 Å². The van der Waals surface area contributed by atoms with Crippen LogP contribution >= 0.6 is 27.5 Å². The third kappa shape index (κ3) is 5.75. The molecular weight excluding hydrogens is 425 g/mol. The lowest BCUT2D eigenvalue weighted by Crippen LogP contribution is -2.24. The lowest BCUT2D eigenvalue weighted by Gasteiger charge is -2.09. The quantitative estimate of drug-likeness (QED) is 0.549. The number of amides is 1. The zero-order valence-electron chi connectivity index (χ0n) is 12.5. The third-order valence-electron chi connectivity index (χ3n) is 2.91. The van der Waals surface area contributed by atoms with Crippen molar-refractivity contribution in [1.29, 1.82) is 0 Å². The van der Waals surface area contributed by atoms with Crippen LogP contribution in [-0.2, 0) is 11.0 Å². The van der Waals surface area contributed by atoms with E-state index >= 15 is 0 Å². The first-order chi connectivity index (χ1) is 11.8. The maximum absolute atomic E-state index is 12.8. The third-order valence-corrected chi connectivity index (χ3v) is 3.77. The fourth-order valence-corrected chi connectivity index (χ4v) is 2.61. The molecule has 0 fully saturated rings. The van der Waals surface area contributed by atoms with E-state index in [1.807, 2.05) is 0 Å². The molecule has 0 atom stereocenters. The van der Waals surface area contributed by atoms with Gasteiger partial charge in [-0.1, -0.05) is 29.8 Å². The molecular formula is C16H11BrClF3N2O2. The Balaban J connectivity index is 1.93. The monoisotopic (exact) mass is 434 g/mol. The van der Waals surface area contributed by atoms with Gasteiger partial charge in [-0.15, -0.1) is 0 Å². The summed E-state index contributed by atoms with van der Waals surface area (Å²) < 4.78 is 44.3. The van der Waals surface area contributed by atoms with Gasteiger partial charge in [-0.05, 0) is 40.2 Å². The number of carbonyl (C=O) groups is 1. The van der Waals surface area contributed by atoms with Crippen LogP contribution in [0.3, 0.4) is 0 Å². The highest BCUT2D eigenvalue weighted by Crippen LogP contribution is 2.31. The zero-order chi connectivity index (χ0) is 18.4. The molecule has 1 amide bonds. The van der Waals surface area contributed by atoms with E-state index in [4.69, 9.17) is 16.3 Å². The summed E-state index contributed by atoms with van der Waals surface area (Å²) in [6.07, 6.45) is -3.57. The van der Waals surface area contributed by atoms with E-state index in [-0.39, 0.29) is 12.2 Å². The number of nitrogens with one attached hydrogen (secondary N) is 1. The van der Waals surface area contributed by atoms with Gasteiger partial charge in [0.25, 0.3) is 5.91 Å². The molecule has 0 aliphatic carbocycles. The predicted octanol–water partition coefficient (Wildman–Crippen LogP) is 4.65. The van der Waals surface area contributed by atoms with Crippen LogP contribution in [0, 0.1) is 0 Å².